The molecule has 0 bridgehead atoms. The highest BCUT2D eigenvalue weighted by molar-refractivity contribution is 6.50. The molecule has 0 amide bonds. The first kappa shape index (κ1) is 14.0. The minimum atomic E-state index is -6.00. The number of hydrogen-bond donors (Lipinski definition) is 0. The van der Waals surface area contributed by atoms with Crippen molar-refractivity contribution in [2.24, 2.45) is 0 Å². The number of halogens is 4. The summed E-state index contributed by atoms with van der Waals surface area (Å²) in [7, 11) is -6.00. The van der Waals surface area contributed by atoms with Gasteiger partial charge >= 0.3 is 13.0 Å². The molecule has 1 aliphatic rings. The number of allylic oxidation sites excluding steroid dienone is 4. The molecule has 0 saturated heterocycles. The van der Waals surface area contributed by atoms with Crippen LogP contribution in [0.5, 0.6) is 0 Å². The van der Waals surface area contributed by atoms with Crippen molar-refractivity contribution in [3.63, 3.8) is 0 Å². The predicted molar refractivity (Wildman–Crippen MR) is 47.6 cm³/mol. The first-order valence-electron chi connectivity index (χ1n) is 3.84. The molecule has 0 fully saturated rings. The van der Waals surface area contributed by atoms with Gasteiger partial charge in [0.15, 0.2) is 0 Å². The van der Waals surface area contributed by atoms with E-state index in [2.05, 4.69) is 4.79 Å². The van der Waals surface area contributed by atoms with Gasteiger partial charge in [-0.15, -0.1) is 0 Å². The molecule has 88 valence electrons. The molecule has 10 heteroatoms. The second-order valence-corrected chi connectivity index (χ2v) is 2.54. The van der Waals surface area contributed by atoms with E-state index < -0.39 is 12.2 Å². The van der Waals surface area contributed by atoms with Crippen LogP contribution in [0, 0.1) is 10.1 Å². The fraction of sp³-hybridized carbons (Fsp3) is 0.167. The van der Waals surface area contributed by atoms with Crippen LogP contribution < -0.4 is 0 Å². The molecular formula is C6H5BF4N3O2-. The molecule has 16 heavy (non-hydrogen) atoms. The largest absolute Gasteiger partial charge is 0.673 e. The standard InChI is InChI=1S/C6H5N3O2.BF4/c7-8-5-2-1-3-6(4-5)9(10)11;2-1(3,4)5/h1-3H,4H2;/q;-1. The molecule has 0 aliphatic heterocycles. The zero-order valence-corrected chi connectivity index (χ0v) is 7.69. The lowest BCUT2D eigenvalue weighted by Gasteiger charge is -1.94. The van der Waals surface area contributed by atoms with Crippen LogP contribution in [0.2, 0.25) is 0 Å². The molecule has 0 unspecified atom stereocenters. The van der Waals surface area contributed by atoms with E-state index in [1.165, 1.54) is 18.2 Å². The van der Waals surface area contributed by atoms with Gasteiger partial charge in [-0.1, -0.05) is 0 Å². The molecule has 5 nitrogen and oxygen atoms in total. The lowest BCUT2D eigenvalue weighted by atomic mass is 10.1. The van der Waals surface area contributed by atoms with Crippen molar-refractivity contribution in [3.05, 3.63) is 39.6 Å². The lowest BCUT2D eigenvalue weighted by molar-refractivity contribution is -0.426. The van der Waals surface area contributed by atoms with Gasteiger partial charge in [0.2, 0.25) is 0 Å². The molecule has 1 rings (SSSR count). The highest BCUT2D eigenvalue weighted by Crippen LogP contribution is 2.08. The fourth-order valence-electron chi connectivity index (χ4n) is 0.768. The summed E-state index contributed by atoms with van der Waals surface area (Å²) in [6.07, 6.45) is 4.47. The van der Waals surface area contributed by atoms with Crippen molar-refractivity contribution in [2.75, 3.05) is 0 Å². The molecule has 0 spiro atoms. The number of hydrogen-bond acceptors (Lipinski definition) is 2. The van der Waals surface area contributed by atoms with Crippen molar-refractivity contribution >= 4 is 13.0 Å². The van der Waals surface area contributed by atoms with Crippen molar-refractivity contribution in [2.45, 2.75) is 6.42 Å². The summed E-state index contributed by atoms with van der Waals surface area (Å²) in [5.41, 5.74) is 8.62. The van der Waals surface area contributed by atoms with E-state index in [0.717, 1.165) is 0 Å². The maximum atomic E-state index is 10.2. The Bertz CT molecular complexity index is 378. The van der Waals surface area contributed by atoms with Gasteiger partial charge in [0.05, 0.1) is 4.92 Å². The average molecular weight is 238 g/mol. The predicted octanol–water partition coefficient (Wildman–Crippen LogP) is 2.08. The zero-order chi connectivity index (χ0) is 12.8. The third-order valence-electron chi connectivity index (χ3n) is 1.30. The number of nitro groups is 1. The lowest BCUT2D eigenvalue weighted by Crippen LogP contribution is -2.08. The molecular weight excluding hydrogens is 233 g/mol. The molecule has 0 aromatic heterocycles. The quantitative estimate of drug-likeness (QED) is 0.175. The fourth-order valence-corrected chi connectivity index (χ4v) is 0.768. The summed E-state index contributed by atoms with van der Waals surface area (Å²) in [5, 5.41) is 10.2. The van der Waals surface area contributed by atoms with Crippen molar-refractivity contribution in [1.82, 2.24) is 0 Å². The average Bonchev–Trinajstić information content (AvgIpc) is 2.15. The van der Waals surface area contributed by atoms with Gasteiger partial charge in [-0.3, -0.25) is 10.1 Å². The topological polar surface area (TPSA) is 79.5 Å². The summed E-state index contributed by atoms with van der Waals surface area (Å²) in [6, 6.07) is 0. The Morgan fingerprint density at radius 1 is 1.44 bits per heavy atom. The maximum Gasteiger partial charge on any atom is 0.673 e. The molecule has 0 atom stereocenters. The van der Waals surface area contributed by atoms with E-state index in [4.69, 9.17) is 5.53 Å². The van der Waals surface area contributed by atoms with Crippen molar-refractivity contribution in [3.8, 4) is 0 Å². The summed E-state index contributed by atoms with van der Waals surface area (Å²) in [6.45, 7) is 0. The van der Waals surface area contributed by atoms with Crippen LogP contribution in [-0.4, -0.2) is 22.7 Å². The maximum absolute atomic E-state index is 10.2. The van der Waals surface area contributed by atoms with E-state index in [9.17, 15) is 27.4 Å². The molecule has 0 N–H and O–H groups in total. The van der Waals surface area contributed by atoms with Gasteiger partial charge in [0.25, 0.3) is 5.70 Å². The van der Waals surface area contributed by atoms with Crippen LogP contribution in [0.4, 0.5) is 17.3 Å². The Morgan fingerprint density at radius 3 is 2.31 bits per heavy atom. The normalized spacial score (nSPS) is 14.5. The van der Waals surface area contributed by atoms with E-state index in [0.29, 0.717) is 5.71 Å². The van der Waals surface area contributed by atoms with Crippen LogP contribution in [0.3, 0.4) is 0 Å². The van der Waals surface area contributed by atoms with Gasteiger partial charge in [0.1, 0.15) is 6.42 Å². The minimum Gasteiger partial charge on any atom is -0.418 e. The highest BCUT2D eigenvalue weighted by atomic mass is 19.5. The van der Waals surface area contributed by atoms with E-state index >= 15 is 0 Å². The second-order valence-electron chi connectivity index (χ2n) is 2.54. The van der Waals surface area contributed by atoms with Gasteiger partial charge in [0, 0.05) is 12.2 Å². The molecule has 0 heterocycles. The van der Waals surface area contributed by atoms with Crippen molar-refractivity contribution < 1.29 is 27.0 Å². The Morgan fingerprint density at radius 2 is 1.94 bits per heavy atom. The summed E-state index contributed by atoms with van der Waals surface area (Å²) < 4.78 is 39.0. The first-order valence-corrected chi connectivity index (χ1v) is 3.84. The molecule has 0 aromatic rings. The third kappa shape index (κ3) is 7.45. The molecule has 1 aliphatic carbocycles. The van der Waals surface area contributed by atoms with Gasteiger partial charge in [-0.05, 0) is 6.08 Å². The number of nitrogens with zero attached hydrogens (tertiary/aromatic N) is 3. The molecule has 0 saturated carbocycles. The Labute approximate surface area is 86.9 Å². The Hall–Kier alpha value is -1.96. The highest BCUT2D eigenvalue weighted by Gasteiger charge is 2.20. The van der Waals surface area contributed by atoms with Crippen LogP contribution in [0.15, 0.2) is 23.9 Å². The Balaban J connectivity index is 0.000000385. The molecule has 0 aromatic carbocycles. The van der Waals surface area contributed by atoms with Gasteiger partial charge < -0.3 is 22.8 Å². The monoisotopic (exact) mass is 238 g/mol. The minimum absolute atomic E-state index is 0.0419. The van der Waals surface area contributed by atoms with Crippen LogP contribution >= 0.6 is 0 Å². The first-order chi connectivity index (χ1) is 7.24. The van der Waals surface area contributed by atoms with Crippen LogP contribution in [0.1, 0.15) is 6.42 Å². The van der Waals surface area contributed by atoms with Gasteiger partial charge in [-0.2, -0.15) is 4.79 Å². The SMILES string of the molecule is F[B-](F)(F)F.[N-]=[N+]=C1C=CC=C([N+](=O)[O-])C1. The summed E-state index contributed by atoms with van der Waals surface area (Å²) >= 11 is 0. The zero-order valence-electron chi connectivity index (χ0n) is 7.69. The Kier molecular flexibility index (Phi) is 5.10. The summed E-state index contributed by atoms with van der Waals surface area (Å²) in [5.74, 6) is 0. The van der Waals surface area contributed by atoms with Gasteiger partial charge in [-0.25, -0.2) is 0 Å². The smallest absolute Gasteiger partial charge is 0.418 e. The van der Waals surface area contributed by atoms with Crippen molar-refractivity contribution in [1.29, 1.82) is 0 Å². The van der Waals surface area contributed by atoms with E-state index in [1.807, 2.05) is 0 Å². The van der Waals surface area contributed by atoms with E-state index in [1.54, 1.807) is 0 Å². The summed E-state index contributed by atoms with van der Waals surface area (Å²) in [4.78, 5) is 12.6. The molecule has 0 radical (unpaired) electrons. The van der Waals surface area contributed by atoms with Crippen LogP contribution in [-0.2, 0) is 0 Å². The number of rotatable bonds is 1. The second kappa shape index (κ2) is 5.81. The third-order valence-corrected chi connectivity index (χ3v) is 1.30. The van der Waals surface area contributed by atoms with Crippen LogP contribution in [0.25, 0.3) is 5.53 Å². The van der Waals surface area contributed by atoms with E-state index in [-0.39, 0.29) is 12.1 Å².